The summed E-state index contributed by atoms with van der Waals surface area (Å²) in [5, 5.41) is 0.854. The number of nitrogens with zero attached hydrogens (tertiary/aromatic N) is 1. The molecule has 0 fully saturated rings. The summed E-state index contributed by atoms with van der Waals surface area (Å²) >= 11 is 0. The second kappa shape index (κ2) is 8.87. The Bertz CT molecular complexity index is 1150. The lowest BCUT2D eigenvalue weighted by Gasteiger charge is -2.10. The summed E-state index contributed by atoms with van der Waals surface area (Å²) in [4.78, 5) is 12.8. The van der Waals surface area contributed by atoms with Gasteiger partial charge in [0.25, 0.3) is 0 Å². The predicted molar refractivity (Wildman–Crippen MR) is 119 cm³/mol. The second-order valence-corrected chi connectivity index (χ2v) is 7.21. The number of ether oxygens (including phenoxy) is 2. The molecule has 0 spiro atoms. The third-order valence-corrected chi connectivity index (χ3v) is 5.21. The minimum atomic E-state index is -0.299. The van der Waals surface area contributed by atoms with Gasteiger partial charge in [-0.1, -0.05) is 60.7 Å². The van der Waals surface area contributed by atoms with Gasteiger partial charge in [0.1, 0.15) is 12.4 Å². The van der Waals surface area contributed by atoms with Crippen LogP contribution < -0.4 is 4.74 Å². The van der Waals surface area contributed by atoms with Crippen molar-refractivity contribution in [2.45, 2.75) is 27.0 Å². The normalized spacial score (nSPS) is 10.9. The van der Waals surface area contributed by atoms with Gasteiger partial charge in [-0.3, -0.25) is 0 Å². The zero-order valence-corrected chi connectivity index (χ0v) is 17.3. The molecule has 0 N–H and O–H groups in total. The molecule has 0 radical (unpaired) electrons. The Morgan fingerprint density at radius 2 is 1.57 bits per heavy atom. The standard InChI is InChI=1S/C26H25NO3/c1-3-29-26(28)25-19(2)27(17-20-10-6-4-7-11-20)24-15-14-22(16-23(24)25)30-18-21-12-8-5-9-13-21/h4-16H,3,17-18H2,1-2H3. The van der Waals surface area contributed by atoms with Gasteiger partial charge in [0.15, 0.2) is 0 Å². The monoisotopic (exact) mass is 399 g/mol. The maximum absolute atomic E-state index is 12.8. The van der Waals surface area contributed by atoms with Crippen LogP contribution in [0.25, 0.3) is 10.9 Å². The first kappa shape index (κ1) is 19.8. The van der Waals surface area contributed by atoms with Crippen LogP contribution in [0, 0.1) is 6.92 Å². The van der Waals surface area contributed by atoms with E-state index in [0.717, 1.165) is 27.9 Å². The van der Waals surface area contributed by atoms with E-state index in [-0.39, 0.29) is 5.97 Å². The van der Waals surface area contributed by atoms with E-state index in [2.05, 4.69) is 16.7 Å². The molecule has 4 rings (SSSR count). The molecule has 1 heterocycles. The molecule has 4 heteroatoms. The molecule has 4 nitrogen and oxygen atoms in total. The molecule has 0 unspecified atom stereocenters. The minimum absolute atomic E-state index is 0.299. The van der Waals surface area contributed by atoms with Crippen molar-refractivity contribution in [2.75, 3.05) is 6.61 Å². The van der Waals surface area contributed by atoms with Crippen LogP contribution in [0.4, 0.5) is 0 Å². The fourth-order valence-corrected chi connectivity index (χ4v) is 3.72. The summed E-state index contributed by atoms with van der Waals surface area (Å²) in [7, 11) is 0. The van der Waals surface area contributed by atoms with Crippen LogP contribution in [-0.2, 0) is 17.9 Å². The summed E-state index contributed by atoms with van der Waals surface area (Å²) in [5.41, 5.74) is 4.77. The summed E-state index contributed by atoms with van der Waals surface area (Å²) in [6.45, 7) is 5.30. The van der Waals surface area contributed by atoms with E-state index >= 15 is 0 Å². The molecule has 0 aliphatic carbocycles. The first-order valence-electron chi connectivity index (χ1n) is 10.2. The van der Waals surface area contributed by atoms with Gasteiger partial charge in [-0.25, -0.2) is 4.79 Å². The lowest BCUT2D eigenvalue weighted by atomic mass is 10.1. The molecule has 1 aromatic heterocycles. The molecule has 0 aliphatic heterocycles. The molecular weight excluding hydrogens is 374 g/mol. The highest BCUT2D eigenvalue weighted by Gasteiger charge is 2.21. The van der Waals surface area contributed by atoms with Crippen LogP contribution in [-0.4, -0.2) is 17.1 Å². The van der Waals surface area contributed by atoms with E-state index in [1.165, 1.54) is 5.56 Å². The first-order valence-corrected chi connectivity index (χ1v) is 10.2. The lowest BCUT2D eigenvalue weighted by molar-refractivity contribution is 0.0527. The Morgan fingerprint density at radius 3 is 2.23 bits per heavy atom. The van der Waals surface area contributed by atoms with Crippen molar-refractivity contribution in [1.82, 2.24) is 4.57 Å². The van der Waals surface area contributed by atoms with Crippen LogP contribution in [0.1, 0.15) is 34.1 Å². The number of fused-ring (bicyclic) bond motifs is 1. The molecule has 3 aromatic carbocycles. The Balaban J connectivity index is 1.73. The number of carbonyl (C=O) groups is 1. The van der Waals surface area contributed by atoms with E-state index in [0.29, 0.717) is 25.3 Å². The van der Waals surface area contributed by atoms with Gasteiger partial charge in [0, 0.05) is 23.1 Å². The Kier molecular flexibility index (Phi) is 5.84. The third kappa shape index (κ3) is 4.08. The summed E-state index contributed by atoms with van der Waals surface area (Å²) < 4.78 is 13.5. The number of esters is 1. The van der Waals surface area contributed by atoms with Crippen LogP contribution >= 0.6 is 0 Å². The molecule has 30 heavy (non-hydrogen) atoms. The zero-order chi connectivity index (χ0) is 20.9. The molecule has 0 saturated heterocycles. The van der Waals surface area contributed by atoms with Gasteiger partial charge in [-0.05, 0) is 43.2 Å². The average Bonchev–Trinajstić information content (AvgIpc) is 3.04. The number of hydrogen-bond donors (Lipinski definition) is 0. The minimum Gasteiger partial charge on any atom is -0.489 e. The Hall–Kier alpha value is -3.53. The van der Waals surface area contributed by atoms with Gasteiger partial charge in [0.2, 0.25) is 0 Å². The topological polar surface area (TPSA) is 40.5 Å². The number of carbonyl (C=O) groups excluding carboxylic acids is 1. The maximum atomic E-state index is 12.8. The summed E-state index contributed by atoms with van der Waals surface area (Å²) in [6.07, 6.45) is 0. The fourth-order valence-electron chi connectivity index (χ4n) is 3.72. The Morgan fingerprint density at radius 1 is 0.900 bits per heavy atom. The van der Waals surface area contributed by atoms with E-state index < -0.39 is 0 Å². The highest BCUT2D eigenvalue weighted by molar-refractivity contribution is 6.06. The van der Waals surface area contributed by atoms with Crippen LogP contribution in [0.2, 0.25) is 0 Å². The fraction of sp³-hybridized carbons (Fsp3) is 0.192. The summed E-state index contributed by atoms with van der Waals surface area (Å²) in [5.74, 6) is 0.431. The van der Waals surface area contributed by atoms with Crippen LogP contribution in [0.5, 0.6) is 5.75 Å². The summed E-state index contributed by atoms with van der Waals surface area (Å²) in [6, 6.07) is 26.2. The van der Waals surface area contributed by atoms with Gasteiger partial charge in [0.05, 0.1) is 12.2 Å². The number of benzene rings is 3. The molecule has 0 aliphatic rings. The van der Waals surface area contributed by atoms with Crippen molar-refractivity contribution in [2.24, 2.45) is 0 Å². The second-order valence-electron chi connectivity index (χ2n) is 7.21. The zero-order valence-electron chi connectivity index (χ0n) is 17.3. The van der Waals surface area contributed by atoms with E-state index in [1.54, 1.807) is 0 Å². The first-order chi connectivity index (χ1) is 14.7. The van der Waals surface area contributed by atoms with Gasteiger partial charge in [-0.15, -0.1) is 0 Å². The molecule has 0 atom stereocenters. The highest BCUT2D eigenvalue weighted by Crippen LogP contribution is 2.31. The molecule has 0 saturated carbocycles. The number of aromatic nitrogens is 1. The lowest BCUT2D eigenvalue weighted by Crippen LogP contribution is -2.08. The van der Waals surface area contributed by atoms with Gasteiger partial charge in [-0.2, -0.15) is 0 Å². The number of rotatable bonds is 7. The van der Waals surface area contributed by atoms with Crippen molar-refractivity contribution in [3.8, 4) is 5.75 Å². The van der Waals surface area contributed by atoms with Crippen molar-refractivity contribution >= 4 is 16.9 Å². The predicted octanol–water partition coefficient (Wildman–Crippen LogP) is 5.75. The molecule has 4 aromatic rings. The van der Waals surface area contributed by atoms with Gasteiger partial charge >= 0.3 is 5.97 Å². The number of hydrogen-bond acceptors (Lipinski definition) is 3. The van der Waals surface area contributed by atoms with Crippen molar-refractivity contribution in [3.05, 3.63) is 101 Å². The third-order valence-electron chi connectivity index (χ3n) is 5.21. The van der Waals surface area contributed by atoms with E-state index in [9.17, 15) is 4.79 Å². The highest BCUT2D eigenvalue weighted by atomic mass is 16.5. The van der Waals surface area contributed by atoms with Gasteiger partial charge < -0.3 is 14.0 Å². The van der Waals surface area contributed by atoms with Crippen LogP contribution in [0.15, 0.2) is 78.9 Å². The van der Waals surface area contributed by atoms with Crippen LogP contribution in [0.3, 0.4) is 0 Å². The largest absolute Gasteiger partial charge is 0.489 e. The quantitative estimate of drug-likeness (QED) is 0.371. The smallest absolute Gasteiger partial charge is 0.340 e. The molecule has 0 bridgehead atoms. The Labute approximate surface area is 176 Å². The van der Waals surface area contributed by atoms with Crippen molar-refractivity contribution in [1.29, 1.82) is 0 Å². The van der Waals surface area contributed by atoms with Crippen molar-refractivity contribution in [3.63, 3.8) is 0 Å². The molecular formula is C26H25NO3. The maximum Gasteiger partial charge on any atom is 0.340 e. The van der Waals surface area contributed by atoms with E-state index in [1.807, 2.05) is 80.6 Å². The average molecular weight is 399 g/mol. The van der Waals surface area contributed by atoms with E-state index in [4.69, 9.17) is 9.47 Å². The SMILES string of the molecule is CCOC(=O)c1c(C)n(Cc2ccccc2)c2ccc(OCc3ccccc3)cc12. The molecule has 152 valence electrons. The van der Waals surface area contributed by atoms with Crippen molar-refractivity contribution < 1.29 is 14.3 Å². The molecule has 0 amide bonds.